The Morgan fingerprint density at radius 3 is 2.86 bits per heavy atom. The third-order valence-corrected chi connectivity index (χ3v) is 4.64. The number of hydrogen-bond donors (Lipinski definition) is 1. The van der Waals surface area contributed by atoms with E-state index in [-0.39, 0.29) is 11.4 Å². The second-order valence-corrected chi connectivity index (χ2v) is 5.74. The highest BCUT2D eigenvalue weighted by Crippen LogP contribution is 2.46. The van der Waals surface area contributed by atoms with Crippen LogP contribution < -0.4 is 9.64 Å². The third kappa shape index (κ3) is 1.78. The van der Waals surface area contributed by atoms with Gasteiger partial charge >= 0.3 is 5.69 Å². The highest BCUT2D eigenvalue weighted by molar-refractivity contribution is 5.80. The molecule has 1 aromatic heterocycles. The van der Waals surface area contributed by atoms with E-state index in [9.17, 15) is 10.1 Å². The quantitative estimate of drug-likeness (QED) is 0.696. The van der Waals surface area contributed by atoms with Crippen molar-refractivity contribution in [3.63, 3.8) is 0 Å². The summed E-state index contributed by atoms with van der Waals surface area (Å²) in [6.45, 7) is 2.06. The summed E-state index contributed by atoms with van der Waals surface area (Å²) >= 11 is 0. The van der Waals surface area contributed by atoms with Crippen molar-refractivity contribution in [2.75, 3.05) is 25.1 Å². The van der Waals surface area contributed by atoms with E-state index >= 15 is 0 Å². The van der Waals surface area contributed by atoms with E-state index in [4.69, 9.17) is 4.74 Å². The zero-order valence-electron chi connectivity index (χ0n) is 12.2. The lowest BCUT2D eigenvalue weighted by molar-refractivity contribution is -0.385. The first-order valence-electron chi connectivity index (χ1n) is 7.35. The molecule has 0 unspecified atom stereocenters. The monoisotopic (exact) mass is 300 g/mol. The number of methoxy groups -OCH3 is 1. The molecule has 114 valence electrons. The van der Waals surface area contributed by atoms with Crippen molar-refractivity contribution in [1.29, 1.82) is 0 Å². The number of benzene rings is 1. The second kappa shape index (κ2) is 4.72. The maximum atomic E-state index is 11.2. The number of ether oxygens (including phenoxy) is 1. The van der Waals surface area contributed by atoms with Gasteiger partial charge in [-0.1, -0.05) is 0 Å². The van der Waals surface area contributed by atoms with Gasteiger partial charge in [-0.3, -0.25) is 15.2 Å². The molecule has 4 heterocycles. The largest absolute Gasteiger partial charge is 0.490 e. The summed E-state index contributed by atoms with van der Waals surface area (Å²) in [5, 5.41) is 18.8. The molecule has 0 spiro atoms. The Bertz CT molecular complexity index is 747. The Morgan fingerprint density at radius 2 is 2.18 bits per heavy atom. The minimum absolute atomic E-state index is 0.0345. The number of aromatic nitrogens is 2. The summed E-state index contributed by atoms with van der Waals surface area (Å²) in [5.41, 5.74) is 3.79. The van der Waals surface area contributed by atoms with E-state index in [0.717, 1.165) is 42.9 Å². The van der Waals surface area contributed by atoms with Gasteiger partial charge in [0.2, 0.25) is 0 Å². The van der Waals surface area contributed by atoms with Gasteiger partial charge in [0.1, 0.15) is 5.69 Å². The van der Waals surface area contributed by atoms with E-state index in [1.165, 1.54) is 12.8 Å². The zero-order chi connectivity index (χ0) is 15.3. The number of aromatic amines is 1. The number of H-pyrrole nitrogens is 1. The minimum atomic E-state index is -0.423. The molecule has 3 aliphatic heterocycles. The summed E-state index contributed by atoms with van der Waals surface area (Å²) in [6.07, 6.45) is 2.30. The zero-order valence-corrected chi connectivity index (χ0v) is 12.2. The van der Waals surface area contributed by atoms with Gasteiger partial charge in [0.15, 0.2) is 5.75 Å². The first-order valence-corrected chi connectivity index (χ1v) is 7.35. The Kier molecular flexibility index (Phi) is 2.82. The fourth-order valence-corrected chi connectivity index (χ4v) is 3.53. The average Bonchev–Trinajstić information content (AvgIpc) is 3.02. The van der Waals surface area contributed by atoms with Crippen molar-refractivity contribution in [1.82, 2.24) is 10.2 Å². The molecule has 0 amide bonds. The molecule has 5 rings (SSSR count). The number of nitro benzene ring substituents is 1. The average molecular weight is 300 g/mol. The number of rotatable bonds is 3. The Labute approximate surface area is 127 Å². The summed E-state index contributed by atoms with van der Waals surface area (Å²) < 4.78 is 5.06. The molecule has 1 aromatic carbocycles. The first kappa shape index (κ1) is 13.1. The van der Waals surface area contributed by atoms with E-state index < -0.39 is 4.92 Å². The normalized spacial score (nSPS) is 16.7. The van der Waals surface area contributed by atoms with Crippen molar-refractivity contribution >= 4 is 11.4 Å². The minimum Gasteiger partial charge on any atom is -0.490 e. The van der Waals surface area contributed by atoms with Gasteiger partial charge in [-0.2, -0.15) is 5.10 Å². The van der Waals surface area contributed by atoms with E-state index in [1.54, 1.807) is 12.1 Å². The molecule has 0 atom stereocenters. The fourth-order valence-electron chi connectivity index (χ4n) is 3.53. The van der Waals surface area contributed by atoms with Crippen molar-refractivity contribution in [3.05, 3.63) is 34.0 Å². The Morgan fingerprint density at radius 1 is 1.41 bits per heavy atom. The van der Waals surface area contributed by atoms with Crippen LogP contribution in [0.25, 0.3) is 11.3 Å². The molecule has 1 saturated heterocycles. The molecule has 0 aliphatic carbocycles. The molecule has 7 nitrogen and oxygen atoms in total. The molecule has 3 aliphatic rings. The predicted octanol–water partition coefficient (Wildman–Crippen LogP) is 2.69. The first-order chi connectivity index (χ1) is 10.7. The fraction of sp³-hybridized carbons (Fsp3) is 0.400. The molecule has 7 heteroatoms. The van der Waals surface area contributed by atoms with Gasteiger partial charge in [0.25, 0.3) is 0 Å². The maximum absolute atomic E-state index is 11.2. The van der Waals surface area contributed by atoms with Crippen LogP contribution in [-0.4, -0.2) is 35.3 Å². The number of hydrogen-bond acceptors (Lipinski definition) is 5. The van der Waals surface area contributed by atoms with Crippen LogP contribution in [0.5, 0.6) is 5.75 Å². The SMILES string of the molecule is COc1ccc(-c2n[nH]c3c2N2CCC3CC2)cc1[N+](=O)[O-]. The van der Waals surface area contributed by atoms with Crippen LogP contribution in [0.2, 0.25) is 0 Å². The highest BCUT2D eigenvalue weighted by Gasteiger charge is 2.35. The number of nitrogens with one attached hydrogen (secondary N) is 1. The molecular formula is C15H16N4O3. The van der Waals surface area contributed by atoms with Crippen molar-refractivity contribution in [2.24, 2.45) is 0 Å². The van der Waals surface area contributed by atoms with Crippen LogP contribution in [0.4, 0.5) is 11.4 Å². The summed E-state index contributed by atoms with van der Waals surface area (Å²) in [4.78, 5) is 13.1. The number of nitro groups is 1. The van der Waals surface area contributed by atoms with Crippen LogP contribution in [0.15, 0.2) is 18.2 Å². The number of nitrogens with zero attached hydrogens (tertiary/aromatic N) is 3. The lowest BCUT2D eigenvalue weighted by atomic mass is 9.86. The molecule has 1 fully saturated rings. The molecule has 2 aromatic rings. The van der Waals surface area contributed by atoms with Gasteiger partial charge in [0, 0.05) is 30.6 Å². The molecule has 2 bridgehead atoms. The number of piperidine rings is 1. The van der Waals surface area contributed by atoms with Crippen molar-refractivity contribution in [2.45, 2.75) is 18.8 Å². The molecule has 1 N–H and O–H groups in total. The third-order valence-electron chi connectivity index (χ3n) is 4.64. The van der Waals surface area contributed by atoms with Crippen LogP contribution in [0, 0.1) is 10.1 Å². The lowest BCUT2D eigenvalue weighted by Gasteiger charge is -2.40. The van der Waals surface area contributed by atoms with Gasteiger partial charge < -0.3 is 9.64 Å². The van der Waals surface area contributed by atoms with Crippen LogP contribution in [0.3, 0.4) is 0 Å². The van der Waals surface area contributed by atoms with E-state index in [1.807, 2.05) is 6.07 Å². The predicted molar refractivity (Wildman–Crippen MR) is 81.4 cm³/mol. The van der Waals surface area contributed by atoms with Crippen LogP contribution in [0.1, 0.15) is 24.5 Å². The molecule has 0 saturated carbocycles. The standard InChI is InChI=1S/C15H16N4O3/c1-22-12-3-2-10(8-11(12)19(20)21)14-15-13(16-17-14)9-4-6-18(15)7-5-9/h2-3,8-9H,4-7H2,1H3,(H,16,17). The van der Waals surface area contributed by atoms with Gasteiger partial charge in [-0.05, 0) is 25.0 Å². The highest BCUT2D eigenvalue weighted by atomic mass is 16.6. The topological polar surface area (TPSA) is 84.3 Å². The molecule has 22 heavy (non-hydrogen) atoms. The Balaban J connectivity index is 1.84. The summed E-state index contributed by atoms with van der Waals surface area (Å²) in [7, 11) is 1.43. The van der Waals surface area contributed by atoms with Crippen LogP contribution in [-0.2, 0) is 0 Å². The van der Waals surface area contributed by atoms with Crippen molar-refractivity contribution in [3.8, 4) is 17.0 Å². The lowest BCUT2D eigenvalue weighted by Crippen LogP contribution is -2.38. The molecular weight excluding hydrogens is 284 g/mol. The summed E-state index contributed by atoms with van der Waals surface area (Å²) in [6, 6.07) is 5.00. The van der Waals surface area contributed by atoms with Gasteiger partial charge in [0.05, 0.1) is 23.4 Å². The second-order valence-electron chi connectivity index (χ2n) is 5.74. The Hall–Kier alpha value is -2.57. The number of anilines is 1. The number of fused-ring (bicyclic) bond motifs is 2. The van der Waals surface area contributed by atoms with Gasteiger partial charge in [-0.15, -0.1) is 0 Å². The molecule has 0 radical (unpaired) electrons. The van der Waals surface area contributed by atoms with E-state index in [0.29, 0.717) is 5.92 Å². The van der Waals surface area contributed by atoms with Gasteiger partial charge in [-0.25, -0.2) is 0 Å². The maximum Gasteiger partial charge on any atom is 0.311 e. The van der Waals surface area contributed by atoms with Crippen molar-refractivity contribution < 1.29 is 9.66 Å². The van der Waals surface area contributed by atoms with E-state index in [2.05, 4.69) is 15.1 Å². The summed E-state index contributed by atoms with van der Waals surface area (Å²) in [5.74, 6) is 0.800. The van der Waals surface area contributed by atoms with Crippen LogP contribution >= 0.6 is 0 Å². The smallest absolute Gasteiger partial charge is 0.311 e.